The number of hydrogen-bond acceptors (Lipinski definition) is 8. The Morgan fingerprint density at radius 2 is 1.89 bits per heavy atom. The molecule has 0 radical (unpaired) electrons. The molecule has 0 unspecified atom stereocenters. The Balaban J connectivity index is 0.00000280. The lowest BCUT2D eigenvalue weighted by atomic mass is 10.2. The smallest absolute Gasteiger partial charge is 0.343 e. The zero-order chi connectivity index (χ0) is 19.2. The lowest BCUT2D eigenvalue weighted by Gasteiger charge is -2.34. The van der Waals surface area contributed by atoms with E-state index in [4.69, 9.17) is 4.74 Å². The number of likely N-dealkylation sites (N-methyl/N-ethyl adjacent to an activating group) is 1. The summed E-state index contributed by atoms with van der Waals surface area (Å²) in [5, 5.41) is 3.83. The summed E-state index contributed by atoms with van der Waals surface area (Å²) in [4.78, 5) is 25.5. The molecule has 2 heterocycles. The van der Waals surface area contributed by atoms with Gasteiger partial charge in [-0.2, -0.15) is 0 Å². The van der Waals surface area contributed by atoms with Gasteiger partial charge >= 0.3 is 5.97 Å². The molecule has 0 amide bonds. The number of rotatable bonds is 6. The lowest BCUT2D eigenvalue weighted by molar-refractivity contribution is -0.0000239. The number of benzene rings is 1. The van der Waals surface area contributed by atoms with Crippen molar-refractivity contribution in [1.82, 2.24) is 14.9 Å². The minimum Gasteiger partial charge on any atom is -1.00 e. The number of anilines is 3. The molecule has 0 aliphatic carbocycles. The van der Waals surface area contributed by atoms with Crippen LogP contribution in [0, 0.1) is 0 Å². The third kappa shape index (κ3) is 5.50. The molecule has 7 nitrogen and oxygen atoms in total. The van der Waals surface area contributed by atoms with Crippen molar-refractivity contribution in [1.29, 1.82) is 0 Å². The number of thioether (sulfide) groups is 1. The molecule has 1 saturated heterocycles. The molecule has 0 spiro atoms. The monoisotopic (exact) mass is 422 g/mol. The first-order valence-electron chi connectivity index (χ1n) is 8.99. The Labute approximate surface area is 176 Å². The molecule has 2 aromatic rings. The van der Waals surface area contributed by atoms with Crippen LogP contribution in [-0.4, -0.2) is 66.9 Å². The predicted octanol–water partition coefficient (Wildman–Crippen LogP) is -0.125. The second-order valence-electron chi connectivity index (χ2n) is 6.30. The van der Waals surface area contributed by atoms with Gasteiger partial charge in [0.2, 0.25) is 0 Å². The lowest BCUT2D eigenvalue weighted by Crippen LogP contribution is -3.00. The van der Waals surface area contributed by atoms with Crippen LogP contribution < -0.4 is 22.6 Å². The quantitative estimate of drug-likeness (QED) is 0.392. The molecule has 1 aromatic carbocycles. The predicted molar refractivity (Wildman–Crippen MR) is 109 cm³/mol. The number of nitrogens with one attached hydrogen (secondary N) is 1. The molecule has 9 heteroatoms. The van der Waals surface area contributed by atoms with E-state index >= 15 is 0 Å². The average molecular weight is 423 g/mol. The van der Waals surface area contributed by atoms with Crippen molar-refractivity contribution < 1.29 is 21.9 Å². The van der Waals surface area contributed by atoms with E-state index in [-0.39, 0.29) is 12.4 Å². The van der Waals surface area contributed by atoms with E-state index in [1.54, 1.807) is 6.92 Å². The Hall–Kier alpha value is -2.03. The number of piperazine rings is 1. The first-order chi connectivity index (χ1) is 13.1. The van der Waals surface area contributed by atoms with Gasteiger partial charge in [-0.3, -0.25) is 0 Å². The van der Waals surface area contributed by atoms with Gasteiger partial charge in [-0.25, -0.2) is 14.8 Å². The third-order valence-corrected chi connectivity index (χ3v) is 5.00. The standard InChI is InChI=1S/C19H25N5O2S.ClH/c1-4-26-18(25)16-13-20-19(27-3)22-17(16)21-14-5-7-15(8-6-14)24-11-9-23(2)10-12-24;/h5-8,13H,4,9-12H2,1-3H3,(H,20,21,22);1H/p-1. The number of hydrogen-bond donors (Lipinski definition) is 1. The summed E-state index contributed by atoms with van der Waals surface area (Å²) in [7, 11) is 2.15. The van der Waals surface area contributed by atoms with Gasteiger partial charge in [0.25, 0.3) is 0 Å². The SMILES string of the molecule is CCOC(=O)c1cnc(SC)nc1Nc1ccc(N2CCN(C)CC2)cc1.[Cl-]. The van der Waals surface area contributed by atoms with Crippen molar-refractivity contribution >= 4 is 34.9 Å². The van der Waals surface area contributed by atoms with Gasteiger partial charge in [-0.1, -0.05) is 11.8 Å². The fourth-order valence-corrected chi connectivity index (χ4v) is 3.22. The molecule has 28 heavy (non-hydrogen) atoms. The molecule has 1 aliphatic heterocycles. The minimum absolute atomic E-state index is 0. The fourth-order valence-electron chi connectivity index (χ4n) is 2.87. The van der Waals surface area contributed by atoms with E-state index in [0.29, 0.717) is 23.1 Å². The van der Waals surface area contributed by atoms with Crippen LogP contribution in [0.3, 0.4) is 0 Å². The maximum atomic E-state index is 12.2. The van der Waals surface area contributed by atoms with Crippen molar-refractivity contribution in [3.05, 3.63) is 36.0 Å². The maximum Gasteiger partial charge on any atom is 0.343 e. The molecule has 0 saturated carbocycles. The van der Waals surface area contributed by atoms with Crippen LogP contribution in [0.1, 0.15) is 17.3 Å². The summed E-state index contributed by atoms with van der Waals surface area (Å²) in [6, 6.07) is 8.19. The molecule has 1 aromatic heterocycles. The summed E-state index contributed by atoms with van der Waals surface area (Å²) in [6.45, 7) is 6.28. The molecule has 152 valence electrons. The van der Waals surface area contributed by atoms with E-state index in [9.17, 15) is 4.79 Å². The summed E-state index contributed by atoms with van der Waals surface area (Å²) >= 11 is 1.42. The third-order valence-electron chi connectivity index (χ3n) is 4.44. The fraction of sp³-hybridized carbons (Fsp3) is 0.421. The van der Waals surface area contributed by atoms with Crippen LogP contribution >= 0.6 is 11.8 Å². The van der Waals surface area contributed by atoms with E-state index in [0.717, 1.165) is 31.9 Å². The van der Waals surface area contributed by atoms with Crippen LogP contribution in [-0.2, 0) is 4.74 Å². The summed E-state index contributed by atoms with van der Waals surface area (Å²) in [5.74, 6) is 0.0295. The van der Waals surface area contributed by atoms with Crippen molar-refractivity contribution in [2.24, 2.45) is 0 Å². The highest BCUT2D eigenvalue weighted by molar-refractivity contribution is 7.98. The van der Waals surface area contributed by atoms with Crippen LogP contribution in [0.2, 0.25) is 0 Å². The number of halogens is 1. The van der Waals surface area contributed by atoms with E-state index in [1.165, 1.54) is 23.6 Å². The van der Waals surface area contributed by atoms with Gasteiger partial charge in [-0.05, 0) is 44.5 Å². The van der Waals surface area contributed by atoms with Gasteiger partial charge < -0.3 is 32.3 Å². The van der Waals surface area contributed by atoms with Gasteiger partial charge in [0.1, 0.15) is 11.4 Å². The van der Waals surface area contributed by atoms with E-state index in [1.807, 2.05) is 18.4 Å². The molecule has 1 aliphatic rings. The summed E-state index contributed by atoms with van der Waals surface area (Å²) in [6.07, 6.45) is 3.41. The first-order valence-corrected chi connectivity index (χ1v) is 10.2. The average Bonchev–Trinajstić information content (AvgIpc) is 2.69. The second-order valence-corrected chi connectivity index (χ2v) is 7.08. The number of ether oxygens (including phenoxy) is 1. The highest BCUT2D eigenvalue weighted by Crippen LogP contribution is 2.24. The normalized spacial score (nSPS) is 14.3. The second kappa shape index (κ2) is 10.5. The Bertz CT molecular complexity index is 782. The van der Waals surface area contributed by atoms with Gasteiger partial charge in [0.05, 0.1) is 6.61 Å². The highest BCUT2D eigenvalue weighted by Gasteiger charge is 2.17. The van der Waals surface area contributed by atoms with Crippen LogP contribution in [0.25, 0.3) is 0 Å². The Kier molecular flexibility index (Phi) is 8.35. The molecule has 3 rings (SSSR count). The molecular weight excluding hydrogens is 398 g/mol. The van der Waals surface area contributed by atoms with E-state index in [2.05, 4.69) is 44.3 Å². The number of carbonyl (C=O) groups is 1. The van der Waals surface area contributed by atoms with Crippen molar-refractivity contribution in [2.75, 3.05) is 56.3 Å². The van der Waals surface area contributed by atoms with Gasteiger partial charge in [-0.15, -0.1) is 0 Å². The van der Waals surface area contributed by atoms with Crippen LogP contribution in [0.4, 0.5) is 17.2 Å². The Morgan fingerprint density at radius 3 is 2.50 bits per heavy atom. The molecule has 0 atom stereocenters. The maximum absolute atomic E-state index is 12.2. The topological polar surface area (TPSA) is 70.6 Å². The molecule has 0 bridgehead atoms. The number of carbonyl (C=O) groups excluding carboxylic acids is 1. The van der Waals surface area contributed by atoms with Crippen LogP contribution in [0.15, 0.2) is 35.6 Å². The largest absolute Gasteiger partial charge is 1.00 e. The molecule has 1 fully saturated rings. The van der Waals surface area contributed by atoms with Crippen molar-refractivity contribution in [3.8, 4) is 0 Å². The number of esters is 1. The highest BCUT2D eigenvalue weighted by atomic mass is 35.5. The van der Waals surface area contributed by atoms with Gasteiger partial charge in [0.15, 0.2) is 5.16 Å². The zero-order valence-electron chi connectivity index (χ0n) is 16.3. The molecular formula is C19H25ClN5O2S-. The summed E-state index contributed by atoms with van der Waals surface area (Å²) < 4.78 is 5.11. The number of nitrogens with zero attached hydrogens (tertiary/aromatic N) is 4. The number of aromatic nitrogens is 2. The Morgan fingerprint density at radius 1 is 1.21 bits per heavy atom. The zero-order valence-corrected chi connectivity index (χ0v) is 17.9. The van der Waals surface area contributed by atoms with Gasteiger partial charge in [0, 0.05) is 43.8 Å². The van der Waals surface area contributed by atoms with E-state index < -0.39 is 5.97 Å². The first kappa shape index (κ1) is 22.3. The van der Waals surface area contributed by atoms with Crippen molar-refractivity contribution in [3.63, 3.8) is 0 Å². The minimum atomic E-state index is -0.429. The van der Waals surface area contributed by atoms with Crippen molar-refractivity contribution in [2.45, 2.75) is 12.1 Å². The molecule has 1 N–H and O–H groups in total. The summed E-state index contributed by atoms with van der Waals surface area (Å²) in [5.41, 5.74) is 2.40. The van der Waals surface area contributed by atoms with Crippen LogP contribution in [0.5, 0.6) is 0 Å².